The van der Waals surface area contributed by atoms with Crippen LogP contribution in [0, 0.1) is 34.5 Å². The third-order valence-electron chi connectivity index (χ3n) is 10.6. The quantitative estimate of drug-likeness (QED) is 0.682. The lowest BCUT2D eigenvalue weighted by Gasteiger charge is -2.61. The van der Waals surface area contributed by atoms with Gasteiger partial charge in [-0.1, -0.05) is 44.2 Å². The average Bonchev–Trinajstić information content (AvgIpc) is 2.99. The Morgan fingerprint density at radius 2 is 1.66 bits per heavy atom. The molecule has 0 bridgehead atoms. The Kier molecular flexibility index (Phi) is 4.91. The van der Waals surface area contributed by atoms with Crippen molar-refractivity contribution in [2.24, 2.45) is 34.5 Å². The maximum absolute atomic E-state index is 11.9. The first kappa shape index (κ1) is 20.1. The number of aliphatic hydroxyl groups is 2. The predicted octanol–water partition coefficient (Wildman–Crippen LogP) is 5.75. The lowest BCUT2D eigenvalue weighted by molar-refractivity contribution is -0.160. The molecular formula is C27H40O2. The molecule has 1 aromatic carbocycles. The van der Waals surface area contributed by atoms with E-state index in [-0.39, 0.29) is 11.5 Å². The lowest BCUT2D eigenvalue weighted by Crippen LogP contribution is -2.56. The Morgan fingerprint density at radius 1 is 0.897 bits per heavy atom. The first-order valence-electron chi connectivity index (χ1n) is 12.3. The molecule has 5 rings (SSSR count). The Balaban J connectivity index is 1.35. The standard InChI is InChI=1S/C27H40O2/c1-25-14-11-21(28)18-20(25)8-9-22-23(25)12-15-26(2)24(22)13-17-27(26,29)16-10-19-6-4-3-5-7-19/h3-7,20-24,28-29H,8-18H2,1-2H3/t20-,21-,22-,23+,24+,25-,26+,27-/m0/s1. The summed E-state index contributed by atoms with van der Waals surface area (Å²) in [6.07, 6.45) is 12.4. The van der Waals surface area contributed by atoms with Gasteiger partial charge in [0.1, 0.15) is 0 Å². The Hall–Kier alpha value is -0.860. The SMILES string of the molecule is C[C@]12CC[C@H](O)C[C@@H]1CC[C@H]1[C@H]2CC[C@]2(C)[C@@H]1CC[C@@]2(O)CCc1ccccc1. The van der Waals surface area contributed by atoms with Gasteiger partial charge in [0.2, 0.25) is 0 Å². The largest absolute Gasteiger partial charge is 0.393 e. The molecule has 4 aliphatic rings. The van der Waals surface area contributed by atoms with Crippen LogP contribution in [-0.4, -0.2) is 21.9 Å². The molecule has 2 N–H and O–H groups in total. The van der Waals surface area contributed by atoms with E-state index in [4.69, 9.17) is 0 Å². The molecule has 0 spiro atoms. The molecule has 0 aromatic heterocycles. The van der Waals surface area contributed by atoms with E-state index < -0.39 is 5.60 Å². The van der Waals surface area contributed by atoms with Crippen LogP contribution in [-0.2, 0) is 6.42 Å². The molecule has 0 unspecified atom stereocenters. The van der Waals surface area contributed by atoms with Crippen molar-refractivity contribution in [2.75, 3.05) is 0 Å². The zero-order valence-electron chi connectivity index (χ0n) is 18.4. The van der Waals surface area contributed by atoms with E-state index >= 15 is 0 Å². The molecule has 4 aliphatic carbocycles. The second-order valence-electron chi connectivity index (χ2n) is 11.6. The number of hydrogen-bond donors (Lipinski definition) is 2. The molecule has 0 heterocycles. The fourth-order valence-electron chi connectivity index (χ4n) is 8.75. The van der Waals surface area contributed by atoms with Crippen molar-refractivity contribution in [3.63, 3.8) is 0 Å². The number of aryl methyl sites for hydroxylation is 1. The Labute approximate surface area is 177 Å². The first-order chi connectivity index (χ1) is 13.9. The third kappa shape index (κ3) is 3.04. The summed E-state index contributed by atoms with van der Waals surface area (Å²) < 4.78 is 0. The molecule has 2 heteroatoms. The van der Waals surface area contributed by atoms with Gasteiger partial charge in [-0.2, -0.15) is 0 Å². The van der Waals surface area contributed by atoms with Crippen molar-refractivity contribution >= 4 is 0 Å². The molecule has 0 saturated heterocycles. The van der Waals surface area contributed by atoms with Crippen molar-refractivity contribution in [1.29, 1.82) is 0 Å². The van der Waals surface area contributed by atoms with Crippen LogP contribution < -0.4 is 0 Å². The average molecular weight is 397 g/mol. The fraction of sp³-hybridized carbons (Fsp3) is 0.778. The Morgan fingerprint density at radius 3 is 2.45 bits per heavy atom. The van der Waals surface area contributed by atoms with Gasteiger partial charge in [0, 0.05) is 0 Å². The van der Waals surface area contributed by atoms with Crippen LogP contribution in [0.2, 0.25) is 0 Å². The highest BCUT2D eigenvalue weighted by atomic mass is 16.3. The highest BCUT2D eigenvalue weighted by molar-refractivity contribution is 5.18. The van der Waals surface area contributed by atoms with Crippen LogP contribution in [0.1, 0.15) is 83.6 Å². The van der Waals surface area contributed by atoms with Crippen molar-refractivity contribution in [1.82, 2.24) is 0 Å². The van der Waals surface area contributed by atoms with Crippen molar-refractivity contribution in [2.45, 2.75) is 96.2 Å². The van der Waals surface area contributed by atoms with Gasteiger partial charge in [-0.05, 0) is 111 Å². The molecule has 0 aliphatic heterocycles. The molecular weight excluding hydrogens is 356 g/mol. The van der Waals surface area contributed by atoms with E-state index in [0.717, 1.165) is 49.9 Å². The highest BCUT2D eigenvalue weighted by Gasteiger charge is 2.64. The van der Waals surface area contributed by atoms with E-state index in [1.807, 2.05) is 0 Å². The van der Waals surface area contributed by atoms with Gasteiger partial charge in [-0.25, -0.2) is 0 Å². The van der Waals surface area contributed by atoms with Gasteiger partial charge in [0.25, 0.3) is 0 Å². The van der Waals surface area contributed by atoms with E-state index in [9.17, 15) is 10.2 Å². The fourth-order valence-corrected chi connectivity index (χ4v) is 8.75. The summed E-state index contributed by atoms with van der Waals surface area (Å²) in [4.78, 5) is 0. The number of aliphatic hydroxyl groups excluding tert-OH is 1. The summed E-state index contributed by atoms with van der Waals surface area (Å²) in [7, 11) is 0. The minimum Gasteiger partial charge on any atom is -0.393 e. The van der Waals surface area contributed by atoms with Crippen LogP contribution in [0.3, 0.4) is 0 Å². The topological polar surface area (TPSA) is 40.5 Å². The molecule has 160 valence electrons. The summed E-state index contributed by atoms with van der Waals surface area (Å²) in [5.41, 5.74) is 1.36. The molecule has 4 saturated carbocycles. The van der Waals surface area contributed by atoms with Crippen molar-refractivity contribution < 1.29 is 10.2 Å². The smallest absolute Gasteiger partial charge is 0.0707 e. The molecule has 0 amide bonds. The maximum atomic E-state index is 11.9. The molecule has 0 radical (unpaired) electrons. The zero-order valence-corrected chi connectivity index (χ0v) is 18.4. The minimum atomic E-state index is -0.501. The van der Waals surface area contributed by atoms with Crippen LogP contribution in [0.25, 0.3) is 0 Å². The third-order valence-corrected chi connectivity index (χ3v) is 10.6. The van der Waals surface area contributed by atoms with Gasteiger partial charge in [-0.15, -0.1) is 0 Å². The molecule has 4 fully saturated rings. The van der Waals surface area contributed by atoms with E-state index in [0.29, 0.717) is 11.3 Å². The van der Waals surface area contributed by atoms with Gasteiger partial charge in [0.05, 0.1) is 11.7 Å². The van der Waals surface area contributed by atoms with Gasteiger partial charge >= 0.3 is 0 Å². The normalized spacial score (nSPS) is 49.2. The first-order valence-corrected chi connectivity index (χ1v) is 12.3. The number of rotatable bonds is 3. The molecule has 2 nitrogen and oxygen atoms in total. The number of hydrogen-bond acceptors (Lipinski definition) is 2. The van der Waals surface area contributed by atoms with Crippen LogP contribution in [0.5, 0.6) is 0 Å². The van der Waals surface area contributed by atoms with E-state index in [1.165, 1.54) is 44.1 Å². The van der Waals surface area contributed by atoms with Crippen molar-refractivity contribution in [3.05, 3.63) is 35.9 Å². The van der Waals surface area contributed by atoms with Crippen molar-refractivity contribution in [3.8, 4) is 0 Å². The lowest BCUT2D eigenvalue weighted by atomic mass is 9.44. The summed E-state index contributed by atoms with van der Waals surface area (Å²) in [6.45, 7) is 4.99. The van der Waals surface area contributed by atoms with Gasteiger partial charge in [0.15, 0.2) is 0 Å². The van der Waals surface area contributed by atoms with Gasteiger partial charge in [-0.3, -0.25) is 0 Å². The zero-order chi connectivity index (χ0) is 20.3. The maximum Gasteiger partial charge on any atom is 0.0707 e. The van der Waals surface area contributed by atoms with Crippen LogP contribution >= 0.6 is 0 Å². The summed E-state index contributed by atoms with van der Waals surface area (Å²) in [6, 6.07) is 10.7. The number of fused-ring (bicyclic) bond motifs is 5. The minimum absolute atomic E-state index is 0.0620. The van der Waals surface area contributed by atoms with E-state index in [1.54, 1.807) is 0 Å². The monoisotopic (exact) mass is 396 g/mol. The van der Waals surface area contributed by atoms with E-state index in [2.05, 4.69) is 44.2 Å². The second kappa shape index (κ2) is 7.09. The highest BCUT2D eigenvalue weighted by Crippen LogP contribution is 2.68. The summed E-state index contributed by atoms with van der Waals surface area (Å²) in [5, 5.41) is 22.1. The number of benzene rings is 1. The summed E-state index contributed by atoms with van der Waals surface area (Å²) in [5.74, 6) is 3.00. The Bertz CT molecular complexity index is 731. The summed E-state index contributed by atoms with van der Waals surface area (Å²) >= 11 is 0. The predicted molar refractivity (Wildman–Crippen MR) is 117 cm³/mol. The van der Waals surface area contributed by atoms with Crippen LogP contribution in [0.15, 0.2) is 30.3 Å². The molecule has 1 aromatic rings. The molecule has 29 heavy (non-hydrogen) atoms. The van der Waals surface area contributed by atoms with Crippen LogP contribution in [0.4, 0.5) is 0 Å². The second-order valence-corrected chi connectivity index (χ2v) is 11.6. The molecule has 8 atom stereocenters. The van der Waals surface area contributed by atoms with Gasteiger partial charge < -0.3 is 10.2 Å².